The minimum Gasteiger partial charge on any atom is -0.384 e. The number of carbonyl (C=O) groups excluding carboxylic acids is 1. The zero-order valence-electron chi connectivity index (χ0n) is 9.13. The first-order valence-electron chi connectivity index (χ1n) is 5.27. The Labute approximate surface area is 90.0 Å². The Balaban J connectivity index is 2.49. The Kier molecular flexibility index (Phi) is 2.58. The van der Waals surface area contributed by atoms with Crippen LogP contribution in [0.4, 0.5) is 0 Å². The van der Waals surface area contributed by atoms with Gasteiger partial charge in [0.25, 0.3) is 0 Å². The molecule has 1 heterocycles. The maximum atomic E-state index is 11.3. The van der Waals surface area contributed by atoms with Gasteiger partial charge in [-0.3, -0.25) is 4.79 Å². The van der Waals surface area contributed by atoms with Gasteiger partial charge in [0.2, 0.25) is 0 Å². The van der Waals surface area contributed by atoms with Crippen LogP contribution >= 0.6 is 0 Å². The van der Waals surface area contributed by atoms with E-state index in [2.05, 4.69) is 11.4 Å². The molecule has 1 N–H and O–H groups in total. The second-order valence-electron chi connectivity index (χ2n) is 3.81. The minimum absolute atomic E-state index is 0.137. The number of hydrogen-bond donors (Lipinski definition) is 1. The lowest BCUT2D eigenvalue weighted by Crippen LogP contribution is -2.22. The van der Waals surface area contributed by atoms with E-state index in [4.69, 9.17) is 0 Å². The van der Waals surface area contributed by atoms with Crippen molar-refractivity contribution in [2.24, 2.45) is 0 Å². The highest BCUT2D eigenvalue weighted by Gasteiger charge is 2.13. The van der Waals surface area contributed by atoms with Crippen LogP contribution in [0.3, 0.4) is 0 Å². The van der Waals surface area contributed by atoms with Crippen molar-refractivity contribution in [3.05, 3.63) is 41.0 Å². The predicted molar refractivity (Wildman–Crippen MR) is 61.8 cm³/mol. The molecule has 0 radical (unpaired) electrons. The highest BCUT2D eigenvalue weighted by atomic mass is 16.1. The zero-order chi connectivity index (χ0) is 10.8. The molecule has 0 fully saturated rings. The Morgan fingerprint density at radius 2 is 2.27 bits per heavy atom. The lowest BCUT2D eigenvalue weighted by Gasteiger charge is -2.21. The minimum atomic E-state index is 0.137. The number of benzene rings is 1. The van der Waals surface area contributed by atoms with Gasteiger partial charge < -0.3 is 5.32 Å². The van der Waals surface area contributed by atoms with Crippen LogP contribution in [-0.4, -0.2) is 12.3 Å². The first kappa shape index (κ1) is 9.97. The number of fused-ring (bicyclic) bond motifs is 1. The summed E-state index contributed by atoms with van der Waals surface area (Å²) in [6.45, 7) is 4.59. The maximum Gasteiger partial charge on any atom is 0.159 e. The summed E-state index contributed by atoms with van der Waals surface area (Å²) >= 11 is 0. The molecule has 1 aliphatic heterocycles. The van der Waals surface area contributed by atoms with E-state index in [1.165, 1.54) is 16.8 Å². The van der Waals surface area contributed by atoms with Gasteiger partial charge in [-0.2, -0.15) is 0 Å². The average Bonchev–Trinajstić information content (AvgIpc) is 2.27. The molecule has 15 heavy (non-hydrogen) atoms. The lowest BCUT2D eigenvalue weighted by molar-refractivity contribution is 0.101. The summed E-state index contributed by atoms with van der Waals surface area (Å²) < 4.78 is 0. The molecular weight excluding hydrogens is 186 g/mol. The molecule has 0 saturated heterocycles. The van der Waals surface area contributed by atoms with Crippen LogP contribution in [0.1, 0.15) is 35.3 Å². The fourth-order valence-corrected chi connectivity index (χ4v) is 1.97. The van der Waals surface area contributed by atoms with Crippen LogP contribution in [-0.2, 0) is 6.42 Å². The Bertz CT molecular complexity index is 432. The molecule has 0 saturated carbocycles. The molecule has 0 atom stereocenters. The van der Waals surface area contributed by atoms with E-state index in [0.29, 0.717) is 0 Å². The van der Waals surface area contributed by atoms with Crippen molar-refractivity contribution in [2.75, 3.05) is 6.54 Å². The van der Waals surface area contributed by atoms with Gasteiger partial charge in [-0.05, 0) is 31.9 Å². The van der Waals surface area contributed by atoms with Crippen molar-refractivity contribution in [2.45, 2.75) is 20.3 Å². The second kappa shape index (κ2) is 3.89. The van der Waals surface area contributed by atoms with Crippen molar-refractivity contribution < 1.29 is 4.79 Å². The summed E-state index contributed by atoms with van der Waals surface area (Å²) in [6, 6.07) is 5.95. The average molecular weight is 201 g/mol. The first-order valence-corrected chi connectivity index (χ1v) is 5.27. The molecular formula is C13H15NO. The first-order chi connectivity index (χ1) is 7.22. The smallest absolute Gasteiger partial charge is 0.159 e. The molecule has 0 spiro atoms. The van der Waals surface area contributed by atoms with Crippen LogP contribution in [0.25, 0.3) is 5.70 Å². The molecule has 0 bridgehead atoms. The third-order valence-electron chi connectivity index (χ3n) is 2.80. The summed E-state index contributed by atoms with van der Waals surface area (Å²) in [5.41, 5.74) is 4.49. The topological polar surface area (TPSA) is 29.1 Å². The van der Waals surface area contributed by atoms with Gasteiger partial charge in [0.15, 0.2) is 5.78 Å². The van der Waals surface area contributed by atoms with Crippen LogP contribution < -0.4 is 5.32 Å². The fraction of sp³-hybridized carbons (Fsp3) is 0.308. The van der Waals surface area contributed by atoms with E-state index < -0.39 is 0 Å². The second-order valence-corrected chi connectivity index (χ2v) is 3.81. The molecule has 1 aromatic rings. The molecule has 78 valence electrons. The molecule has 0 aromatic heterocycles. The Hall–Kier alpha value is -1.57. The summed E-state index contributed by atoms with van der Waals surface area (Å²) in [5, 5.41) is 3.35. The van der Waals surface area contributed by atoms with E-state index in [-0.39, 0.29) is 5.78 Å². The van der Waals surface area contributed by atoms with Crippen LogP contribution in [0.15, 0.2) is 24.3 Å². The van der Waals surface area contributed by atoms with E-state index in [9.17, 15) is 4.79 Å². The van der Waals surface area contributed by atoms with Gasteiger partial charge >= 0.3 is 0 Å². The SMILES string of the molecule is C/C=C1\NCCc2cc(C(C)=O)ccc21. The summed E-state index contributed by atoms with van der Waals surface area (Å²) in [6.07, 6.45) is 3.07. The van der Waals surface area contributed by atoms with Gasteiger partial charge in [0, 0.05) is 23.4 Å². The number of hydrogen-bond acceptors (Lipinski definition) is 2. The number of nitrogens with one attached hydrogen (secondary N) is 1. The third kappa shape index (κ3) is 1.80. The molecule has 2 nitrogen and oxygen atoms in total. The number of rotatable bonds is 1. The van der Waals surface area contributed by atoms with Gasteiger partial charge in [-0.25, -0.2) is 0 Å². The van der Waals surface area contributed by atoms with Gasteiger partial charge in [-0.1, -0.05) is 18.2 Å². The normalized spacial score (nSPS) is 17.1. The number of Topliss-reactive ketones (excluding diaryl/α,β-unsaturated/α-hetero) is 1. The van der Waals surface area contributed by atoms with Crippen LogP contribution in [0, 0.1) is 0 Å². The maximum absolute atomic E-state index is 11.3. The Morgan fingerprint density at radius 3 is 2.93 bits per heavy atom. The molecule has 0 amide bonds. The van der Waals surface area contributed by atoms with Crippen molar-refractivity contribution >= 4 is 11.5 Å². The zero-order valence-corrected chi connectivity index (χ0v) is 9.13. The largest absolute Gasteiger partial charge is 0.384 e. The number of allylic oxidation sites excluding steroid dienone is 1. The molecule has 1 aliphatic rings. The van der Waals surface area contributed by atoms with Crippen molar-refractivity contribution in [3.8, 4) is 0 Å². The van der Waals surface area contributed by atoms with Crippen molar-refractivity contribution in [3.63, 3.8) is 0 Å². The monoisotopic (exact) mass is 201 g/mol. The molecule has 0 aliphatic carbocycles. The van der Waals surface area contributed by atoms with E-state index in [1.54, 1.807) is 6.92 Å². The molecule has 0 unspecified atom stereocenters. The van der Waals surface area contributed by atoms with Crippen LogP contribution in [0.2, 0.25) is 0 Å². The fourth-order valence-electron chi connectivity index (χ4n) is 1.97. The third-order valence-corrected chi connectivity index (χ3v) is 2.80. The molecule has 2 heteroatoms. The molecule has 1 aromatic carbocycles. The number of ketones is 1. The van der Waals surface area contributed by atoms with E-state index >= 15 is 0 Å². The standard InChI is InChI=1S/C13H15NO/c1-3-13-12-5-4-10(9(2)15)8-11(12)6-7-14-13/h3-5,8,14H,6-7H2,1-2H3/b13-3-. The van der Waals surface area contributed by atoms with Crippen molar-refractivity contribution in [1.29, 1.82) is 0 Å². The Morgan fingerprint density at radius 1 is 1.47 bits per heavy atom. The quantitative estimate of drug-likeness (QED) is 0.707. The predicted octanol–water partition coefficient (Wildman–Crippen LogP) is 2.40. The van der Waals surface area contributed by atoms with Gasteiger partial charge in [-0.15, -0.1) is 0 Å². The highest BCUT2D eigenvalue weighted by Crippen LogP contribution is 2.23. The number of carbonyl (C=O) groups is 1. The van der Waals surface area contributed by atoms with Crippen LogP contribution in [0.5, 0.6) is 0 Å². The van der Waals surface area contributed by atoms with E-state index in [0.717, 1.165) is 18.5 Å². The highest BCUT2D eigenvalue weighted by molar-refractivity contribution is 5.94. The van der Waals surface area contributed by atoms with Gasteiger partial charge in [0.05, 0.1) is 0 Å². The van der Waals surface area contributed by atoms with Crippen molar-refractivity contribution in [1.82, 2.24) is 5.32 Å². The van der Waals surface area contributed by atoms with Gasteiger partial charge in [0.1, 0.15) is 0 Å². The summed E-state index contributed by atoms with van der Waals surface area (Å²) in [5.74, 6) is 0.137. The lowest BCUT2D eigenvalue weighted by atomic mass is 9.95. The van der Waals surface area contributed by atoms with E-state index in [1.807, 2.05) is 25.1 Å². The summed E-state index contributed by atoms with van der Waals surface area (Å²) in [7, 11) is 0. The summed E-state index contributed by atoms with van der Waals surface area (Å²) in [4.78, 5) is 11.3. The molecule has 2 rings (SSSR count).